The summed E-state index contributed by atoms with van der Waals surface area (Å²) in [6.07, 6.45) is 3.08. The van der Waals surface area contributed by atoms with E-state index in [1.807, 2.05) is 18.2 Å². The number of Topliss-reactive ketones (excluding diaryl/α,β-unsaturated/α-hetero) is 1. The molecule has 0 saturated carbocycles. The van der Waals surface area contributed by atoms with Gasteiger partial charge in [0, 0.05) is 11.5 Å². The van der Waals surface area contributed by atoms with Crippen LogP contribution in [0.1, 0.15) is 35.7 Å². The standard InChI is InChI=1S/C12H14O/c1-2-9-7-8-10-5-3-4-6-11(10)12(9)13/h3-6,9H,2,7-8H2,1H3/t9-/m1/s1. The second-order valence-electron chi connectivity index (χ2n) is 3.67. The predicted octanol–water partition coefficient (Wildman–Crippen LogP) is 2.84. The Bertz CT molecular complexity index is 328. The fourth-order valence-electron chi connectivity index (χ4n) is 2.05. The molecule has 0 saturated heterocycles. The second-order valence-corrected chi connectivity index (χ2v) is 3.67. The van der Waals surface area contributed by atoms with E-state index < -0.39 is 0 Å². The third-order valence-electron chi connectivity index (χ3n) is 2.91. The molecular weight excluding hydrogens is 160 g/mol. The van der Waals surface area contributed by atoms with Gasteiger partial charge in [0.15, 0.2) is 5.78 Å². The second kappa shape index (κ2) is 3.33. The fraction of sp³-hybridized carbons (Fsp3) is 0.417. The van der Waals surface area contributed by atoms with Crippen molar-refractivity contribution in [1.29, 1.82) is 0 Å². The number of fused-ring (bicyclic) bond motifs is 1. The van der Waals surface area contributed by atoms with Crippen LogP contribution in [-0.4, -0.2) is 5.78 Å². The lowest BCUT2D eigenvalue weighted by Crippen LogP contribution is -2.21. The smallest absolute Gasteiger partial charge is 0.166 e. The summed E-state index contributed by atoms with van der Waals surface area (Å²) in [7, 11) is 0. The molecule has 0 unspecified atom stereocenters. The van der Waals surface area contributed by atoms with Crippen molar-refractivity contribution in [3.8, 4) is 0 Å². The molecule has 0 fully saturated rings. The van der Waals surface area contributed by atoms with Crippen LogP contribution in [0, 0.1) is 5.92 Å². The Labute approximate surface area is 78.8 Å². The molecule has 2 rings (SSSR count). The minimum absolute atomic E-state index is 0.273. The highest BCUT2D eigenvalue weighted by Gasteiger charge is 2.24. The van der Waals surface area contributed by atoms with Crippen LogP contribution < -0.4 is 0 Å². The number of carbonyl (C=O) groups excluding carboxylic acids is 1. The minimum atomic E-state index is 0.273. The molecule has 0 bridgehead atoms. The van der Waals surface area contributed by atoms with Crippen molar-refractivity contribution in [2.24, 2.45) is 5.92 Å². The topological polar surface area (TPSA) is 17.1 Å². The van der Waals surface area contributed by atoms with E-state index in [0.717, 1.165) is 24.8 Å². The van der Waals surface area contributed by atoms with Crippen LogP contribution in [0.2, 0.25) is 0 Å². The van der Waals surface area contributed by atoms with Crippen molar-refractivity contribution in [2.75, 3.05) is 0 Å². The SMILES string of the molecule is CC[C@@H]1CCc2ccccc2C1=O. The van der Waals surface area contributed by atoms with Crippen molar-refractivity contribution < 1.29 is 4.79 Å². The van der Waals surface area contributed by atoms with Gasteiger partial charge in [0.05, 0.1) is 0 Å². The maximum absolute atomic E-state index is 11.8. The number of carbonyl (C=O) groups is 1. The first-order chi connectivity index (χ1) is 6.33. The lowest BCUT2D eigenvalue weighted by molar-refractivity contribution is 0.0898. The van der Waals surface area contributed by atoms with Crippen LogP contribution in [0.15, 0.2) is 24.3 Å². The van der Waals surface area contributed by atoms with Gasteiger partial charge in [-0.3, -0.25) is 4.79 Å². The average molecular weight is 174 g/mol. The van der Waals surface area contributed by atoms with Gasteiger partial charge < -0.3 is 0 Å². The summed E-state index contributed by atoms with van der Waals surface area (Å²) in [5, 5.41) is 0. The van der Waals surface area contributed by atoms with E-state index in [0.29, 0.717) is 5.78 Å². The zero-order valence-corrected chi connectivity index (χ0v) is 7.92. The molecule has 0 heterocycles. The molecule has 13 heavy (non-hydrogen) atoms. The first-order valence-electron chi connectivity index (χ1n) is 4.95. The van der Waals surface area contributed by atoms with Crippen molar-refractivity contribution in [2.45, 2.75) is 26.2 Å². The molecule has 1 nitrogen and oxygen atoms in total. The molecule has 0 aromatic heterocycles. The molecule has 1 atom stereocenters. The van der Waals surface area contributed by atoms with Crippen molar-refractivity contribution >= 4 is 5.78 Å². The molecule has 1 aliphatic rings. The molecule has 1 aliphatic carbocycles. The van der Waals surface area contributed by atoms with E-state index in [-0.39, 0.29) is 5.92 Å². The zero-order chi connectivity index (χ0) is 9.26. The quantitative estimate of drug-likeness (QED) is 0.639. The Balaban J connectivity index is 2.39. The number of rotatable bonds is 1. The Kier molecular flexibility index (Phi) is 2.17. The molecule has 1 heteroatoms. The van der Waals surface area contributed by atoms with Crippen LogP contribution in [0.5, 0.6) is 0 Å². The van der Waals surface area contributed by atoms with Gasteiger partial charge >= 0.3 is 0 Å². The molecule has 0 N–H and O–H groups in total. The summed E-state index contributed by atoms with van der Waals surface area (Å²) in [5.74, 6) is 0.624. The minimum Gasteiger partial charge on any atom is -0.294 e. The fourth-order valence-corrected chi connectivity index (χ4v) is 2.05. The van der Waals surface area contributed by atoms with Crippen LogP contribution >= 0.6 is 0 Å². The van der Waals surface area contributed by atoms with Gasteiger partial charge in [-0.25, -0.2) is 0 Å². The van der Waals surface area contributed by atoms with Crippen molar-refractivity contribution in [3.05, 3.63) is 35.4 Å². The maximum Gasteiger partial charge on any atom is 0.166 e. The number of ketones is 1. The summed E-state index contributed by atoms with van der Waals surface area (Å²) in [4.78, 5) is 11.8. The van der Waals surface area contributed by atoms with E-state index >= 15 is 0 Å². The van der Waals surface area contributed by atoms with Crippen LogP contribution in [0.4, 0.5) is 0 Å². The monoisotopic (exact) mass is 174 g/mol. The molecule has 1 aromatic rings. The van der Waals surface area contributed by atoms with Crippen LogP contribution in [-0.2, 0) is 6.42 Å². The maximum atomic E-state index is 11.8. The third-order valence-corrected chi connectivity index (χ3v) is 2.91. The highest BCUT2D eigenvalue weighted by Crippen LogP contribution is 2.26. The summed E-state index contributed by atoms with van der Waals surface area (Å²) in [5.41, 5.74) is 2.19. The van der Waals surface area contributed by atoms with E-state index in [9.17, 15) is 4.79 Å². The predicted molar refractivity (Wildman–Crippen MR) is 52.9 cm³/mol. The van der Waals surface area contributed by atoms with E-state index in [1.165, 1.54) is 5.56 Å². The van der Waals surface area contributed by atoms with Crippen LogP contribution in [0.25, 0.3) is 0 Å². The first kappa shape index (κ1) is 8.49. The van der Waals surface area contributed by atoms with E-state index in [1.54, 1.807) is 0 Å². The van der Waals surface area contributed by atoms with Gasteiger partial charge in [-0.05, 0) is 24.8 Å². The summed E-state index contributed by atoms with van der Waals surface area (Å²) in [6, 6.07) is 7.99. The molecule has 1 aromatic carbocycles. The van der Waals surface area contributed by atoms with Gasteiger partial charge in [-0.15, -0.1) is 0 Å². The molecular formula is C12H14O. The van der Waals surface area contributed by atoms with Crippen molar-refractivity contribution in [3.63, 3.8) is 0 Å². The Morgan fingerprint density at radius 3 is 2.92 bits per heavy atom. The summed E-state index contributed by atoms with van der Waals surface area (Å²) >= 11 is 0. The van der Waals surface area contributed by atoms with Gasteiger partial charge in [-0.2, -0.15) is 0 Å². The number of aryl methyl sites for hydroxylation is 1. The highest BCUT2D eigenvalue weighted by atomic mass is 16.1. The Morgan fingerprint density at radius 1 is 1.38 bits per heavy atom. The highest BCUT2D eigenvalue weighted by molar-refractivity contribution is 6.00. The third kappa shape index (κ3) is 1.39. The lowest BCUT2D eigenvalue weighted by Gasteiger charge is -2.21. The summed E-state index contributed by atoms with van der Waals surface area (Å²) in [6.45, 7) is 2.09. The van der Waals surface area contributed by atoms with Gasteiger partial charge in [0.1, 0.15) is 0 Å². The summed E-state index contributed by atoms with van der Waals surface area (Å²) < 4.78 is 0. The largest absolute Gasteiger partial charge is 0.294 e. The number of benzene rings is 1. The zero-order valence-electron chi connectivity index (χ0n) is 7.92. The van der Waals surface area contributed by atoms with E-state index in [4.69, 9.17) is 0 Å². The molecule has 0 amide bonds. The molecule has 0 radical (unpaired) electrons. The van der Waals surface area contributed by atoms with Gasteiger partial charge in [-0.1, -0.05) is 31.2 Å². The molecule has 68 valence electrons. The molecule has 0 spiro atoms. The Morgan fingerprint density at radius 2 is 2.15 bits per heavy atom. The van der Waals surface area contributed by atoms with Gasteiger partial charge in [0.25, 0.3) is 0 Å². The Hall–Kier alpha value is -1.11. The first-order valence-corrected chi connectivity index (χ1v) is 4.95. The number of hydrogen-bond acceptors (Lipinski definition) is 1. The van der Waals surface area contributed by atoms with Gasteiger partial charge in [0.2, 0.25) is 0 Å². The van der Waals surface area contributed by atoms with Crippen LogP contribution in [0.3, 0.4) is 0 Å². The normalized spacial score (nSPS) is 21.3. The van der Waals surface area contributed by atoms with Crippen molar-refractivity contribution in [1.82, 2.24) is 0 Å². The van der Waals surface area contributed by atoms with E-state index in [2.05, 4.69) is 13.0 Å². The molecule has 0 aliphatic heterocycles. The number of hydrogen-bond donors (Lipinski definition) is 0. The average Bonchev–Trinajstić information content (AvgIpc) is 2.19. The lowest BCUT2D eigenvalue weighted by atomic mass is 9.81.